The highest BCUT2D eigenvalue weighted by molar-refractivity contribution is 5.79. The molecule has 0 aromatic carbocycles. The molecule has 0 saturated heterocycles. The summed E-state index contributed by atoms with van der Waals surface area (Å²) < 4.78 is 4.55. The van der Waals surface area contributed by atoms with Gasteiger partial charge in [-0.05, 0) is 0 Å². The first-order chi connectivity index (χ1) is 7.43. The van der Waals surface area contributed by atoms with Crippen LogP contribution in [0.4, 0.5) is 0 Å². The topological polar surface area (TPSA) is 95.9 Å². The molecule has 0 aliphatic heterocycles. The van der Waals surface area contributed by atoms with E-state index < -0.39 is 18.5 Å². The van der Waals surface area contributed by atoms with Crippen LogP contribution in [0.5, 0.6) is 0 Å². The summed E-state index contributed by atoms with van der Waals surface area (Å²) in [5.41, 5.74) is 0. The number of carbonyl (C=O) groups is 3. The lowest BCUT2D eigenvalue weighted by Crippen LogP contribution is -2.32. The molecule has 0 aliphatic carbocycles. The van der Waals surface area contributed by atoms with Crippen molar-refractivity contribution >= 4 is 17.8 Å². The molecule has 0 radical (unpaired) electrons. The number of carboxylic acids is 1. The van der Waals surface area contributed by atoms with Gasteiger partial charge in [0.15, 0.2) is 0 Å². The molecule has 0 atom stereocenters. The zero-order valence-corrected chi connectivity index (χ0v) is 9.36. The van der Waals surface area contributed by atoms with Crippen molar-refractivity contribution < 1.29 is 24.2 Å². The van der Waals surface area contributed by atoms with Gasteiger partial charge in [0.05, 0.1) is 0 Å². The zero-order valence-electron chi connectivity index (χ0n) is 9.36. The van der Waals surface area contributed by atoms with E-state index in [1.54, 1.807) is 14.1 Å². The molecule has 16 heavy (non-hydrogen) atoms. The maximum atomic E-state index is 11.1. The van der Waals surface area contributed by atoms with E-state index in [0.717, 1.165) is 0 Å². The smallest absolute Gasteiger partial charge is 0.329 e. The third-order valence-corrected chi connectivity index (χ3v) is 1.62. The molecule has 0 aliphatic rings. The van der Waals surface area contributed by atoms with Gasteiger partial charge in [-0.1, -0.05) is 0 Å². The first-order valence-corrected chi connectivity index (χ1v) is 4.70. The average Bonchev–Trinajstić information content (AvgIpc) is 2.16. The second-order valence-corrected chi connectivity index (χ2v) is 3.27. The summed E-state index contributed by atoms with van der Waals surface area (Å²) in [5, 5.41) is 10.7. The van der Waals surface area contributed by atoms with Gasteiger partial charge in [-0.3, -0.25) is 9.59 Å². The number of aliphatic carboxylic acids is 1. The van der Waals surface area contributed by atoms with Crippen LogP contribution in [0.25, 0.3) is 0 Å². The summed E-state index contributed by atoms with van der Waals surface area (Å²) >= 11 is 0. The number of rotatable bonds is 7. The molecule has 92 valence electrons. The van der Waals surface area contributed by atoms with Gasteiger partial charge < -0.3 is 20.1 Å². The summed E-state index contributed by atoms with van der Waals surface area (Å²) in [6.07, 6.45) is 0.206. The molecule has 2 amide bonds. The van der Waals surface area contributed by atoms with Gasteiger partial charge in [0.25, 0.3) is 0 Å². The fraction of sp³-hybridized carbons (Fsp3) is 0.667. The Bertz CT molecular complexity index is 265. The maximum Gasteiger partial charge on any atom is 0.329 e. The van der Waals surface area contributed by atoms with E-state index >= 15 is 0 Å². The number of ether oxygens (including phenoxy) is 1. The Morgan fingerprint density at radius 3 is 2.38 bits per heavy atom. The molecule has 0 fully saturated rings. The summed E-state index contributed by atoms with van der Waals surface area (Å²) in [4.78, 5) is 33.6. The van der Waals surface area contributed by atoms with E-state index in [4.69, 9.17) is 5.11 Å². The van der Waals surface area contributed by atoms with Crippen LogP contribution in [0.1, 0.15) is 6.42 Å². The van der Waals surface area contributed by atoms with Crippen molar-refractivity contribution in [3.05, 3.63) is 0 Å². The van der Waals surface area contributed by atoms with Crippen molar-refractivity contribution in [1.82, 2.24) is 10.2 Å². The Hall–Kier alpha value is -1.63. The van der Waals surface area contributed by atoms with Crippen molar-refractivity contribution in [2.75, 3.05) is 33.9 Å². The molecule has 0 saturated carbocycles. The molecule has 0 heterocycles. The predicted molar refractivity (Wildman–Crippen MR) is 54.8 cm³/mol. The molecule has 0 spiro atoms. The van der Waals surface area contributed by atoms with E-state index in [9.17, 15) is 14.4 Å². The Balaban J connectivity index is 3.51. The van der Waals surface area contributed by atoms with E-state index in [2.05, 4.69) is 10.1 Å². The minimum Gasteiger partial charge on any atom is -0.480 e. The molecule has 0 aromatic heterocycles. The highest BCUT2D eigenvalue weighted by Crippen LogP contribution is 1.85. The van der Waals surface area contributed by atoms with Crippen LogP contribution in [0.3, 0.4) is 0 Å². The monoisotopic (exact) mass is 232 g/mol. The first-order valence-electron chi connectivity index (χ1n) is 4.70. The molecule has 0 aromatic rings. The van der Waals surface area contributed by atoms with E-state index in [0.29, 0.717) is 0 Å². The van der Waals surface area contributed by atoms with Crippen LogP contribution >= 0.6 is 0 Å². The fourth-order valence-corrected chi connectivity index (χ4v) is 0.815. The molecule has 0 bridgehead atoms. The zero-order chi connectivity index (χ0) is 12.6. The lowest BCUT2D eigenvalue weighted by molar-refractivity contribution is -0.143. The van der Waals surface area contributed by atoms with Gasteiger partial charge in [-0.15, -0.1) is 0 Å². The Morgan fingerprint density at radius 1 is 1.25 bits per heavy atom. The molecule has 7 nitrogen and oxygen atoms in total. The van der Waals surface area contributed by atoms with Gasteiger partial charge in [-0.25, -0.2) is 4.79 Å². The highest BCUT2D eigenvalue weighted by Gasteiger charge is 2.06. The minimum absolute atomic E-state index is 0.0910. The molecular weight excluding hydrogens is 216 g/mol. The van der Waals surface area contributed by atoms with Crippen molar-refractivity contribution in [2.24, 2.45) is 0 Å². The fourth-order valence-electron chi connectivity index (χ4n) is 0.815. The predicted octanol–water partition coefficient (Wildman–Crippen LogP) is -1.32. The van der Waals surface area contributed by atoms with Crippen molar-refractivity contribution in [3.63, 3.8) is 0 Å². The van der Waals surface area contributed by atoms with Gasteiger partial charge in [-0.2, -0.15) is 0 Å². The van der Waals surface area contributed by atoms with Crippen molar-refractivity contribution in [2.45, 2.75) is 6.42 Å². The summed E-state index contributed by atoms with van der Waals surface area (Å²) in [6, 6.07) is 0. The number of hydrogen-bond donors (Lipinski definition) is 2. The second-order valence-electron chi connectivity index (χ2n) is 3.27. The molecule has 0 unspecified atom stereocenters. The van der Waals surface area contributed by atoms with Crippen molar-refractivity contribution in [3.8, 4) is 0 Å². The highest BCUT2D eigenvalue weighted by atomic mass is 16.5. The Labute approximate surface area is 93.4 Å². The van der Waals surface area contributed by atoms with E-state index in [1.165, 1.54) is 4.90 Å². The number of hydrogen-bond acceptors (Lipinski definition) is 4. The minimum atomic E-state index is -1.13. The van der Waals surface area contributed by atoms with E-state index in [-0.39, 0.29) is 25.5 Å². The average molecular weight is 232 g/mol. The first kappa shape index (κ1) is 14.4. The van der Waals surface area contributed by atoms with Crippen LogP contribution in [0.2, 0.25) is 0 Å². The van der Waals surface area contributed by atoms with Crippen LogP contribution in [-0.4, -0.2) is 61.6 Å². The third-order valence-electron chi connectivity index (χ3n) is 1.62. The molecule has 7 heteroatoms. The quantitative estimate of drug-likeness (QED) is 0.567. The summed E-state index contributed by atoms with van der Waals surface area (Å²) in [5.74, 6) is -1.66. The van der Waals surface area contributed by atoms with Gasteiger partial charge >= 0.3 is 5.97 Å². The van der Waals surface area contributed by atoms with Gasteiger partial charge in [0, 0.05) is 27.1 Å². The largest absolute Gasteiger partial charge is 0.480 e. The maximum absolute atomic E-state index is 11.1. The number of carbonyl (C=O) groups excluding carboxylic acids is 2. The normalized spacial score (nSPS) is 9.62. The number of nitrogens with zero attached hydrogens (tertiary/aromatic N) is 1. The van der Waals surface area contributed by atoms with Crippen LogP contribution in [0.15, 0.2) is 0 Å². The second kappa shape index (κ2) is 7.63. The van der Waals surface area contributed by atoms with Crippen LogP contribution < -0.4 is 5.32 Å². The summed E-state index contributed by atoms with van der Waals surface area (Å²) in [7, 11) is 3.25. The SMILES string of the molecule is CN(C)C(=O)CCNC(=O)COCC(=O)O. The van der Waals surface area contributed by atoms with Gasteiger partial charge in [0.2, 0.25) is 11.8 Å². The van der Waals surface area contributed by atoms with Crippen LogP contribution in [-0.2, 0) is 19.1 Å². The standard InChI is InChI=1S/C9H16N2O5/c1-11(2)8(13)3-4-10-7(12)5-16-6-9(14)15/h3-6H2,1-2H3,(H,10,12)(H,14,15). The van der Waals surface area contributed by atoms with Crippen molar-refractivity contribution in [1.29, 1.82) is 0 Å². The van der Waals surface area contributed by atoms with Crippen LogP contribution in [0, 0.1) is 0 Å². The lowest BCUT2D eigenvalue weighted by Gasteiger charge is -2.10. The lowest BCUT2D eigenvalue weighted by atomic mass is 10.4. The molecule has 0 rings (SSSR count). The van der Waals surface area contributed by atoms with Gasteiger partial charge in [0.1, 0.15) is 13.2 Å². The summed E-state index contributed by atoms with van der Waals surface area (Å²) in [6.45, 7) is -0.612. The number of carboxylic acid groups (broad SMARTS) is 1. The number of nitrogens with one attached hydrogen (secondary N) is 1. The molecule has 2 N–H and O–H groups in total. The Kier molecular flexibility index (Phi) is 6.86. The number of amides is 2. The Morgan fingerprint density at radius 2 is 1.88 bits per heavy atom. The van der Waals surface area contributed by atoms with E-state index in [1.807, 2.05) is 0 Å². The third kappa shape index (κ3) is 7.74. The molecular formula is C9H16N2O5.